The summed E-state index contributed by atoms with van der Waals surface area (Å²) in [5.41, 5.74) is 2.21. The van der Waals surface area contributed by atoms with Crippen molar-refractivity contribution in [2.75, 3.05) is 0 Å². The van der Waals surface area contributed by atoms with Gasteiger partial charge >= 0.3 is 0 Å². The summed E-state index contributed by atoms with van der Waals surface area (Å²) in [7, 11) is 0. The van der Waals surface area contributed by atoms with Crippen LogP contribution in [0.15, 0.2) is 24.3 Å². The van der Waals surface area contributed by atoms with Gasteiger partial charge in [0.2, 0.25) is 5.91 Å². The predicted octanol–water partition coefficient (Wildman–Crippen LogP) is 4.63. The van der Waals surface area contributed by atoms with E-state index < -0.39 is 0 Å². The highest BCUT2D eigenvalue weighted by atomic mass is 16.2. The van der Waals surface area contributed by atoms with Crippen LogP contribution in [0.5, 0.6) is 0 Å². The second-order valence-corrected chi connectivity index (χ2v) is 6.80. The Bertz CT molecular complexity index is 444. The van der Waals surface area contributed by atoms with Gasteiger partial charge < -0.3 is 4.90 Å². The molecule has 1 aromatic rings. The lowest BCUT2D eigenvalue weighted by atomic mass is 9.68. The first-order valence-electron chi connectivity index (χ1n) is 7.59. The Morgan fingerprint density at radius 2 is 1.35 bits per heavy atom. The monoisotopic (exact) mass is 275 g/mol. The standard InChI is InChI=1S/C16H23NO.C2H6/c1-15(2,3)16(4,5)14(18)17-10-12-8-6-7-9-13(12)11-17;1-2/h6-9H,10-11H2,1-5H3;1-2H3. The Hall–Kier alpha value is -1.31. The average molecular weight is 275 g/mol. The Morgan fingerprint density at radius 1 is 0.950 bits per heavy atom. The van der Waals surface area contributed by atoms with Gasteiger partial charge in [0.15, 0.2) is 0 Å². The van der Waals surface area contributed by atoms with Crippen LogP contribution in [0.1, 0.15) is 59.6 Å². The minimum Gasteiger partial charge on any atom is -0.334 e. The first kappa shape index (κ1) is 16.7. The maximum absolute atomic E-state index is 12.7. The normalized spacial score (nSPS) is 14.4. The minimum atomic E-state index is -0.338. The molecule has 0 aliphatic carbocycles. The van der Waals surface area contributed by atoms with Crippen molar-refractivity contribution in [2.45, 2.75) is 61.6 Å². The molecule has 0 N–H and O–H groups in total. The zero-order valence-corrected chi connectivity index (χ0v) is 14.1. The molecule has 1 heterocycles. The molecular weight excluding hydrogens is 246 g/mol. The molecule has 0 saturated heterocycles. The highest BCUT2D eigenvalue weighted by molar-refractivity contribution is 5.83. The van der Waals surface area contributed by atoms with E-state index in [4.69, 9.17) is 0 Å². The number of carbonyl (C=O) groups excluding carboxylic acids is 1. The average Bonchev–Trinajstić information content (AvgIpc) is 2.82. The Morgan fingerprint density at radius 3 is 1.70 bits per heavy atom. The molecule has 0 atom stereocenters. The lowest BCUT2D eigenvalue weighted by Crippen LogP contribution is -2.45. The third kappa shape index (κ3) is 3.05. The van der Waals surface area contributed by atoms with Crippen LogP contribution in [-0.4, -0.2) is 10.8 Å². The summed E-state index contributed by atoms with van der Waals surface area (Å²) in [6, 6.07) is 8.32. The van der Waals surface area contributed by atoms with Gasteiger partial charge in [-0.05, 0) is 16.5 Å². The fraction of sp³-hybridized carbons (Fsp3) is 0.611. The molecule has 1 aromatic carbocycles. The molecule has 0 bridgehead atoms. The summed E-state index contributed by atoms with van der Waals surface area (Å²) in [5, 5.41) is 0. The van der Waals surface area contributed by atoms with Gasteiger partial charge in [-0.3, -0.25) is 4.79 Å². The van der Waals surface area contributed by atoms with E-state index >= 15 is 0 Å². The van der Waals surface area contributed by atoms with Crippen LogP contribution in [0.2, 0.25) is 0 Å². The van der Waals surface area contributed by atoms with Gasteiger partial charge in [0.05, 0.1) is 0 Å². The fourth-order valence-corrected chi connectivity index (χ4v) is 2.19. The van der Waals surface area contributed by atoms with E-state index in [2.05, 4.69) is 46.8 Å². The fourth-order valence-electron chi connectivity index (χ4n) is 2.19. The van der Waals surface area contributed by atoms with Gasteiger partial charge in [-0.25, -0.2) is 0 Å². The molecule has 0 saturated carbocycles. The molecule has 1 aliphatic heterocycles. The van der Waals surface area contributed by atoms with Crippen LogP contribution in [0.4, 0.5) is 0 Å². The summed E-state index contributed by atoms with van der Waals surface area (Å²) in [5.74, 6) is 0.256. The van der Waals surface area contributed by atoms with Crippen molar-refractivity contribution < 1.29 is 4.79 Å². The number of hydrogen-bond donors (Lipinski definition) is 0. The Kier molecular flexibility index (Phi) is 5.01. The van der Waals surface area contributed by atoms with Crippen molar-refractivity contribution in [3.63, 3.8) is 0 Å². The van der Waals surface area contributed by atoms with Crippen molar-refractivity contribution in [3.8, 4) is 0 Å². The highest BCUT2D eigenvalue weighted by Gasteiger charge is 2.43. The SMILES string of the molecule is CC.CC(C)(C)C(C)(C)C(=O)N1Cc2ccccc2C1. The van der Waals surface area contributed by atoms with E-state index in [9.17, 15) is 4.79 Å². The van der Waals surface area contributed by atoms with Crippen LogP contribution < -0.4 is 0 Å². The summed E-state index contributed by atoms with van der Waals surface area (Å²) in [6.45, 7) is 16.0. The number of fused-ring (bicyclic) bond motifs is 1. The molecule has 2 rings (SSSR count). The minimum absolute atomic E-state index is 0.0289. The summed E-state index contributed by atoms with van der Waals surface area (Å²) in [4.78, 5) is 14.7. The largest absolute Gasteiger partial charge is 0.334 e. The van der Waals surface area contributed by atoms with Crippen LogP contribution in [0.25, 0.3) is 0 Å². The highest BCUT2D eigenvalue weighted by Crippen LogP contribution is 2.41. The Balaban J connectivity index is 0.000000956. The number of benzene rings is 1. The molecule has 2 heteroatoms. The molecule has 0 radical (unpaired) electrons. The first-order chi connectivity index (χ1) is 9.23. The van der Waals surface area contributed by atoms with Gasteiger partial charge in [-0.1, -0.05) is 72.7 Å². The topological polar surface area (TPSA) is 20.3 Å². The molecule has 0 spiro atoms. The third-order valence-electron chi connectivity index (χ3n) is 4.54. The number of amides is 1. The van der Waals surface area contributed by atoms with Crippen molar-refractivity contribution >= 4 is 5.91 Å². The zero-order valence-electron chi connectivity index (χ0n) is 14.1. The van der Waals surface area contributed by atoms with E-state index in [1.807, 2.05) is 30.9 Å². The lowest BCUT2D eigenvalue weighted by molar-refractivity contribution is -0.146. The maximum Gasteiger partial charge on any atom is 0.229 e. The van der Waals surface area contributed by atoms with Crippen LogP contribution in [-0.2, 0) is 17.9 Å². The summed E-state index contributed by atoms with van der Waals surface area (Å²) >= 11 is 0. The van der Waals surface area contributed by atoms with E-state index in [0.717, 1.165) is 13.1 Å². The molecule has 112 valence electrons. The quantitative estimate of drug-likeness (QED) is 0.732. The van der Waals surface area contributed by atoms with E-state index in [1.165, 1.54) is 11.1 Å². The summed E-state index contributed by atoms with van der Waals surface area (Å²) in [6.07, 6.45) is 0. The van der Waals surface area contributed by atoms with E-state index in [1.54, 1.807) is 0 Å². The molecule has 0 aromatic heterocycles. The number of hydrogen-bond acceptors (Lipinski definition) is 1. The first-order valence-corrected chi connectivity index (χ1v) is 7.59. The van der Waals surface area contributed by atoms with Gasteiger partial charge in [0, 0.05) is 18.5 Å². The van der Waals surface area contributed by atoms with Gasteiger partial charge in [-0.2, -0.15) is 0 Å². The van der Waals surface area contributed by atoms with Gasteiger partial charge in [-0.15, -0.1) is 0 Å². The van der Waals surface area contributed by atoms with Crippen molar-refractivity contribution in [2.24, 2.45) is 10.8 Å². The Labute approximate surface area is 124 Å². The molecule has 0 fully saturated rings. The molecule has 1 aliphatic rings. The molecule has 2 nitrogen and oxygen atoms in total. The zero-order chi connectivity index (χ0) is 15.6. The van der Waals surface area contributed by atoms with Crippen molar-refractivity contribution in [1.29, 1.82) is 0 Å². The predicted molar refractivity (Wildman–Crippen MR) is 85.3 cm³/mol. The van der Waals surface area contributed by atoms with Crippen LogP contribution in [0, 0.1) is 10.8 Å². The van der Waals surface area contributed by atoms with E-state index in [-0.39, 0.29) is 16.7 Å². The second-order valence-electron chi connectivity index (χ2n) is 6.80. The second kappa shape index (κ2) is 5.99. The van der Waals surface area contributed by atoms with E-state index in [0.29, 0.717) is 0 Å². The number of nitrogens with zero attached hydrogens (tertiary/aromatic N) is 1. The number of carbonyl (C=O) groups is 1. The van der Waals surface area contributed by atoms with Crippen molar-refractivity contribution in [3.05, 3.63) is 35.4 Å². The lowest BCUT2D eigenvalue weighted by Gasteiger charge is -2.39. The van der Waals surface area contributed by atoms with Crippen LogP contribution in [0.3, 0.4) is 0 Å². The number of rotatable bonds is 1. The molecule has 1 amide bonds. The van der Waals surface area contributed by atoms with Gasteiger partial charge in [0.25, 0.3) is 0 Å². The summed E-state index contributed by atoms with van der Waals surface area (Å²) < 4.78 is 0. The van der Waals surface area contributed by atoms with Crippen LogP contribution >= 0.6 is 0 Å². The maximum atomic E-state index is 12.7. The molecule has 20 heavy (non-hydrogen) atoms. The third-order valence-corrected chi connectivity index (χ3v) is 4.54. The molecular formula is C18H29NO. The smallest absolute Gasteiger partial charge is 0.229 e. The van der Waals surface area contributed by atoms with Gasteiger partial charge in [0.1, 0.15) is 0 Å². The molecule has 0 unspecified atom stereocenters. The van der Waals surface area contributed by atoms with Crippen molar-refractivity contribution in [1.82, 2.24) is 4.90 Å².